The van der Waals surface area contributed by atoms with Gasteiger partial charge in [0.2, 0.25) is 0 Å². The fourth-order valence-corrected chi connectivity index (χ4v) is 3.72. The van der Waals surface area contributed by atoms with Crippen LogP contribution < -0.4 is 9.64 Å². The van der Waals surface area contributed by atoms with E-state index in [0.717, 1.165) is 0 Å². The van der Waals surface area contributed by atoms with E-state index in [1.807, 2.05) is 0 Å². The number of ketones is 1. The summed E-state index contributed by atoms with van der Waals surface area (Å²) in [6.07, 6.45) is 0. The predicted molar refractivity (Wildman–Crippen MR) is 117 cm³/mol. The first-order valence-electron chi connectivity index (χ1n) is 9.40. The molecule has 0 spiro atoms. The fourth-order valence-electron chi connectivity index (χ4n) is 3.59. The maximum atomic E-state index is 13.1. The van der Waals surface area contributed by atoms with Gasteiger partial charge in [-0.2, -0.15) is 0 Å². The molecule has 0 radical (unpaired) electrons. The number of methoxy groups -OCH3 is 1. The Kier molecular flexibility index (Phi) is 5.40. The number of aromatic hydroxyl groups is 1. The molecule has 7 heteroatoms. The Balaban J connectivity index is 1.94. The van der Waals surface area contributed by atoms with Gasteiger partial charge in [-0.15, -0.1) is 0 Å². The van der Waals surface area contributed by atoms with Gasteiger partial charge in [-0.3, -0.25) is 14.5 Å². The van der Waals surface area contributed by atoms with Crippen molar-refractivity contribution in [3.05, 3.63) is 94.5 Å². The van der Waals surface area contributed by atoms with Crippen LogP contribution in [-0.2, 0) is 9.59 Å². The number of ether oxygens (including phenoxy) is 1. The van der Waals surface area contributed by atoms with Crippen LogP contribution in [0.3, 0.4) is 0 Å². The Morgan fingerprint density at radius 2 is 1.68 bits per heavy atom. The number of amides is 1. The molecular formula is C24H18ClNO5. The average Bonchev–Trinajstić information content (AvgIpc) is 3.05. The van der Waals surface area contributed by atoms with Crippen molar-refractivity contribution in [2.45, 2.75) is 6.04 Å². The van der Waals surface area contributed by atoms with E-state index in [4.69, 9.17) is 16.3 Å². The highest BCUT2D eigenvalue weighted by atomic mass is 35.5. The van der Waals surface area contributed by atoms with E-state index in [0.29, 0.717) is 27.6 Å². The van der Waals surface area contributed by atoms with Crippen molar-refractivity contribution in [2.24, 2.45) is 0 Å². The van der Waals surface area contributed by atoms with Gasteiger partial charge in [0.25, 0.3) is 11.7 Å². The van der Waals surface area contributed by atoms with Gasteiger partial charge < -0.3 is 14.9 Å². The van der Waals surface area contributed by atoms with Crippen molar-refractivity contribution in [1.29, 1.82) is 0 Å². The normalized spacial score (nSPS) is 17.7. The summed E-state index contributed by atoms with van der Waals surface area (Å²) in [5.74, 6) is -1.34. The molecule has 0 aromatic heterocycles. The van der Waals surface area contributed by atoms with Crippen LogP contribution in [0.5, 0.6) is 11.5 Å². The van der Waals surface area contributed by atoms with Crippen molar-refractivity contribution in [3.63, 3.8) is 0 Å². The van der Waals surface area contributed by atoms with E-state index in [1.165, 1.54) is 24.1 Å². The molecule has 1 fully saturated rings. The lowest BCUT2D eigenvalue weighted by Gasteiger charge is -2.25. The first-order valence-corrected chi connectivity index (χ1v) is 9.78. The average molecular weight is 436 g/mol. The van der Waals surface area contributed by atoms with Crippen LogP contribution in [-0.4, -0.2) is 29.0 Å². The van der Waals surface area contributed by atoms with Gasteiger partial charge in [0, 0.05) is 22.3 Å². The van der Waals surface area contributed by atoms with Crippen LogP contribution in [0.1, 0.15) is 17.2 Å². The number of carbonyl (C=O) groups excluding carboxylic acids is 2. The molecule has 1 aliphatic heterocycles. The molecule has 156 valence electrons. The zero-order valence-electron chi connectivity index (χ0n) is 16.4. The van der Waals surface area contributed by atoms with E-state index in [1.54, 1.807) is 60.7 Å². The summed E-state index contributed by atoms with van der Waals surface area (Å²) < 4.78 is 5.26. The van der Waals surface area contributed by atoms with Crippen molar-refractivity contribution in [2.75, 3.05) is 12.0 Å². The van der Waals surface area contributed by atoms with Crippen LogP contribution >= 0.6 is 11.6 Å². The molecule has 3 aromatic carbocycles. The van der Waals surface area contributed by atoms with Crippen LogP contribution in [0, 0.1) is 0 Å². The molecule has 0 bridgehead atoms. The quantitative estimate of drug-likeness (QED) is 0.353. The van der Waals surface area contributed by atoms with Crippen LogP contribution in [0.4, 0.5) is 5.69 Å². The van der Waals surface area contributed by atoms with Gasteiger partial charge in [-0.1, -0.05) is 29.8 Å². The van der Waals surface area contributed by atoms with Crippen LogP contribution in [0.15, 0.2) is 78.4 Å². The number of benzene rings is 3. The minimum Gasteiger partial charge on any atom is -0.508 e. The summed E-state index contributed by atoms with van der Waals surface area (Å²) >= 11 is 5.94. The lowest BCUT2D eigenvalue weighted by molar-refractivity contribution is -0.132. The molecular weight excluding hydrogens is 418 g/mol. The third-order valence-corrected chi connectivity index (χ3v) is 5.35. The number of phenolic OH excluding ortho intramolecular Hbond substituents is 1. The molecule has 31 heavy (non-hydrogen) atoms. The first-order chi connectivity index (χ1) is 14.9. The van der Waals surface area contributed by atoms with Crippen molar-refractivity contribution >= 4 is 34.7 Å². The first kappa shape index (κ1) is 20.5. The Bertz CT molecular complexity index is 1190. The van der Waals surface area contributed by atoms with E-state index in [2.05, 4.69) is 0 Å². The van der Waals surface area contributed by atoms with Crippen molar-refractivity contribution in [1.82, 2.24) is 0 Å². The Labute approximate surface area is 183 Å². The molecule has 1 atom stereocenters. The third-order valence-electron chi connectivity index (χ3n) is 5.10. The summed E-state index contributed by atoms with van der Waals surface area (Å²) in [4.78, 5) is 27.5. The number of anilines is 1. The van der Waals surface area contributed by atoms with Crippen molar-refractivity contribution < 1.29 is 24.5 Å². The highest BCUT2D eigenvalue weighted by Gasteiger charge is 2.47. The smallest absolute Gasteiger partial charge is 0.300 e. The predicted octanol–water partition coefficient (Wildman–Crippen LogP) is 4.68. The van der Waals surface area contributed by atoms with Gasteiger partial charge in [-0.25, -0.2) is 0 Å². The standard InChI is InChI=1S/C24H18ClNO5/c1-31-19-4-2-3-17(13-19)26-21(14-7-11-18(27)12-8-14)20(23(29)24(26)30)22(28)15-5-9-16(25)10-6-15/h2-13,21,27-28H,1H3/b22-20+. The summed E-state index contributed by atoms with van der Waals surface area (Å²) in [6.45, 7) is 0. The van der Waals surface area contributed by atoms with E-state index >= 15 is 0 Å². The van der Waals surface area contributed by atoms with Crippen LogP contribution in [0.2, 0.25) is 5.02 Å². The largest absolute Gasteiger partial charge is 0.508 e. The Hall–Kier alpha value is -3.77. The second kappa shape index (κ2) is 8.16. The van der Waals surface area contributed by atoms with E-state index in [-0.39, 0.29) is 17.1 Å². The minimum atomic E-state index is -0.900. The number of halogens is 1. The third kappa shape index (κ3) is 3.73. The monoisotopic (exact) mass is 435 g/mol. The number of nitrogens with zero attached hydrogens (tertiary/aromatic N) is 1. The number of aliphatic hydroxyl groups is 1. The zero-order valence-corrected chi connectivity index (χ0v) is 17.2. The van der Waals surface area contributed by atoms with Crippen LogP contribution in [0.25, 0.3) is 5.76 Å². The number of carbonyl (C=O) groups is 2. The topological polar surface area (TPSA) is 87.1 Å². The maximum absolute atomic E-state index is 13.1. The number of rotatable bonds is 4. The molecule has 6 nitrogen and oxygen atoms in total. The number of hydrogen-bond donors (Lipinski definition) is 2. The summed E-state index contributed by atoms with van der Waals surface area (Å²) in [5, 5.41) is 21.2. The van der Waals surface area contributed by atoms with Gasteiger partial charge in [0.1, 0.15) is 17.3 Å². The zero-order chi connectivity index (χ0) is 22.1. The number of phenols is 1. The highest BCUT2D eigenvalue weighted by molar-refractivity contribution is 6.51. The summed E-state index contributed by atoms with van der Waals surface area (Å²) in [7, 11) is 1.51. The minimum absolute atomic E-state index is 0.0415. The lowest BCUT2D eigenvalue weighted by atomic mass is 9.95. The van der Waals surface area contributed by atoms with Crippen molar-refractivity contribution in [3.8, 4) is 11.5 Å². The molecule has 1 aliphatic rings. The summed E-state index contributed by atoms with van der Waals surface area (Å²) in [5.41, 5.74) is 1.29. The van der Waals surface area contributed by atoms with Gasteiger partial charge in [0.15, 0.2) is 0 Å². The number of aliphatic hydroxyl groups excluding tert-OH is 1. The molecule has 0 aliphatic carbocycles. The molecule has 1 unspecified atom stereocenters. The molecule has 1 heterocycles. The van der Waals surface area contributed by atoms with E-state index < -0.39 is 17.7 Å². The summed E-state index contributed by atoms with van der Waals surface area (Å²) in [6, 6.07) is 18.3. The number of Topliss-reactive ketones (excluding diaryl/α,β-unsaturated/α-hetero) is 1. The highest BCUT2D eigenvalue weighted by Crippen LogP contribution is 2.43. The molecule has 3 aromatic rings. The van der Waals surface area contributed by atoms with Gasteiger partial charge >= 0.3 is 0 Å². The molecule has 2 N–H and O–H groups in total. The fraction of sp³-hybridized carbons (Fsp3) is 0.0833. The molecule has 1 saturated heterocycles. The molecule has 1 amide bonds. The maximum Gasteiger partial charge on any atom is 0.300 e. The second-order valence-corrected chi connectivity index (χ2v) is 7.41. The molecule has 0 saturated carbocycles. The van der Waals surface area contributed by atoms with Gasteiger partial charge in [0.05, 0.1) is 18.7 Å². The van der Waals surface area contributed by atoms with Gasteiger partial charge in [-0.05, 0) is 54.1 Å². The Morgan fingerprint density at radius 1 is 1.00 bits per heavy atom. The lowest BCUT2D eigenvalue weighted by Crippen LogP contribution is -2.29. The number of hydrogen-bond acceptors (Lipinski definition) is 5. The second-order valence-electron chi connectivity index (χ2n) is 6.97. The SMILES string of the molecule is COc1cccc(N2C(=O)C(=O)/C(=C(/O)c3ccc(Cl)cc3)C2c2ccc(O)cc2)c1. The molecule has 4 rings (SSSR count). The van der Waals surface area contributed by atoms with E-state index in [9.17, 15) is 19.8 Å². The Morgan fingerprint density at radius 3 is 2.32 bits per heavy atom.